The van der Waals surface area contributed by atoms with E-state index in [1.807, 2.05) is 6.92 Å². The van der Waals surface area contributed by atoms with Gasteiger partial charge in [0.1, 0.15) is 11.7 Å². The SMILES string of the molecule is CC(=O)OCC[C@@H](CC[C@@]1(C)[C@H](C)[C@@H](OC(C)=O)[C@H](OC(C)=O)[C@]23[C@@H]1C[C@H](C[C@]21CO1)O[C@@H]3O)COC(C)=O. The standard InChI is InChI=1S/C28H42O11/c1-15-23(37-18(4)31)24(38-19(5)32)28-22(11-21(39-25(28)33)12-27(28)14-36-27)26(15,6)9-7-20(13-35-17(3)30)8-10-34-16(2)29/h15,20-25,33H,7-14H2,1-6H3/t15-,20-,21-,22-,23-,24+,25+,26+,27+,28+/m1/s1. The molecule has 10 atom stereocenters. The van der Waals surface area contributed by atoms with E-state index in [-0.39, 0.29) is 49.0 Å². The lowest BCUT2D eigenvalue weighted by Gasteiger charge is -2.69. The van der Waals surface area contributed by atoms with Crippen molar-refractivity contribution in [2.75, 3.05) is 19.8 Å². The van der Waals surface area contributed by atoms with Gasteiger partial charge in [0.2, 0.25) is 0 Å². The maximum atomic E-state index is 12.4. The number of rotatable bonds is 10. The van der Waals surface area contributed by atoms with Crippen LogP contribution in [0.4, 0.5) is 0 Å². The first-order valence-electron chi connectivity index (χ1n) is 13.9. The van der Waals surface area contributed by atoms with Gasteiger partial charge in [-0.25, -0.2) is 0 Å². The van der Waals surface area contributed by atoms with Crippen LogP contribution < -0.4 is 0 Å². The van der Waals surface area contributed by atoms with Crippen molar-refractivity contribution in [3.63, 3.8) is 0 Å². The van der Waals surface area contributed by atoms with Crippen LogP contribution in [0.2, 0.25) is 0 Å². The first-order chi connectivity index (χ1) is 18.3. The van der Waals surface area contributed by atoms with Gasteiger partial charge in [-0.2, -0.15) is 0 Å². The minimum Gasteiger partial charge on any atom is -0.466 e. The molecule has 5 rings (SSSR count). The van der Waals surface area contributed by atoms with E-state index >= 15 is 0 Å². The van der Waals surface area contributed by atoms with Crippen molar-refractivity contribution in [3.05, 3.63) is 0 Å². The summed E-state index contributed by atoms with van der Waals surface area (Å²) < 4.78 is 34.4. The third-order valence-electron chi connectivity index (χ3n) is 9.78. The van der Waals surface area contributed by atoms with Gasteiger partial charge in [-0.1, -0.05) is 13.8 Å². The molecule has 220 valence electrons. The fourth-order valence-corrected chi connectivity index (χ4v) is 7.82. The van der Waals surface area contributed by atoms with Crippen LogP contribution in [0.1, 0.15) is 73.6 Å². The van der Waals surface area contributed by atoms with E-state index in [2.05, 4.69) is 6.92 Å². The van der Waals surface area contributed by atoms with Crippen LogP contribution in [0.15, 0.2) is 0 Å². The summed E-state index contributed by atoms with van der Waals surface area (Å²) in [6, 6.07) is 0. The summed E-state index contributed by atoms with van der Waals surface area (Å²) in [5.74, 6) is -2.33. The molecule has 11 heteroatoms. The lowest BCUT2D eigenvalue weighted by atomic mass is 9.40. The highest BCUT2D eigenvalue weighted by atomic mass is 16.7. The minimum atomic E-state index is -1.27. The molecule has 0 aromatic rings. The number of hydrogen-bond donors (Lipinski definition) is 1. The molecule has 3 saturated heterocycles. The maximum Gasteiger partial charge on any atom is 0.303 e. The zero-order valence-corrected chi connectivity index (χ0v) is 23.7. The Bertz CT molecular complexity index is 977. The fourth-order valence-electron chi connectivity index (χ4n) is 7.82. The van der Waals surface area contributed by atoms with Gasteiger partial charge in [-0.15, -0.1) is 0 Å². The third-order valence-corrected chi connectivity index (χ3v) is 9.78. The van der Waals surface area contributed by atoms with Gasteiger partial charge in [0.05, 0.1) is 31.3 Å². The Labute approximate surface area is 229 Å². The molecule has 1 N–H and O–H groups in total. The van der Waals surface area contributed by atoms with E-state index in [0.717, 1.165) is 0 Å². The summed E-state index contributed by atoms with van der Waals surface area (Å²) in [5, 5.41) is 11.6. The Morgan fingerprint density at radius 3 is 2.18 bits per heavy atom. The molecule has 5 fully saturated rings. The lowest BCUT2D eigenvalue weighted by molar-refractivity contribution is -0.381. The van der Waals surface area contributed by atoms with Gasteiger partial charge in [-0.05, 0) is 42.9 Å². The first-order valence-corrected chi connectivity index (χ1v) is 13.9. The van der Waals surface area contributed by atoms with Gasteiger partial charge in [0.15, 0.2) is 12.4 Å². The summed E-state index contributed by atoms with van der Waals surface area (Å²) in [6.07, 6.45) is -0.311. The number of carbonyl (C=O) groups excluding carboxylic acids is 4. The minimum absolute atomic E-state index is 0.0836. The number of epoxide rings is 1. The zero-order chi connectivity index (χ0) is 28.8. The smallest absolute Gasteiger partial charge is 0.303 e. The van der Waals surface area contributed by atoms with E-state index in [9.17, 15) is 24.3 Å². The zero-order valence-electron chi connectivity index (χ0n) is 23.7. The molecule has 39 heavy (non-hydrogen) atoms. The molecule has 0 aromatic heterocycles. The normalized spacial score (nSPS) is 40.8. The highest BCUT2D eigenvalue weighted by Gasteiger charge is 2.83. The number of ether oxygens (including phenoxy) is 6. The topological polar surface area (TPSA) is 147 Å². The molecule has 11 nitrogen and oxygen atoms in total. The molecular formula is C28H42O11. The summed E-state index contributed by atoms with van der Waals surface area (Å²) in [6.45, 7) is 10.2. The van der Waals surface area contributed by atoms with E-state index < -0.39 is 46.9 Å². The van der Waals surface area contributed by atoms with E-state index in [4.69, 9.17) is 28.4 Å². The van der Waals surface area contributed by atoms with E-state index in [1.54, 1.807) is 0 Å². The molecule has 0 aromatic carbocycles. The van der Waals surface area contributed by atoms with Crippen molar-refractivity contribution in [2.45, 2.75) is 104 Å². The van der Waals surface area contributed by atoms with Crippen molar-refractivity contribution < 1.29 is 52.7 Å². The Morgan fingerprint density at radius 2 is 1.62 bits per heavy atom. The summed E-state index contributed by atoms with van der Waals surface area (Å²) in [4.78, 5) is 47.6. The molecule has 0 unspecified atom stereocenters. The number of aliphatic hydroxyl groups is 1. The fraction of sp³-hybridized carbons (Fsp3) is 0.857. The molecule has 5 aliphatic rings. The van der Waals surface area contributed by atoms with Crippen LogP contribution in [0.5, 0.6) is 0 Å². The number of fused-ring (bicyclic) bond motifs is 1. The van der Waals surface area contributed by atoms with Crippen molar-refractivity contribution in [1.82, 2.24) is 0 Å². The molecule has 3 aliphatic heterocycles. The molecule has 0 radical (unpaired) electrons. The van der Waals surface area contributed by atoms with Gasteiger partial charge in [0, 0.05) is 40.0 Å². The molecule has 2 saturated carbocycles. The second-order valence-corrected chi connectivity index (χ2v) is 12.1. The van der Waals surface area contributed by atoms with E-state index in [1.165, 1.54) is 27.7 Å². The second kappa shape index (κ2) is 11.0. The Balaban J connectivity index is 1.71. The van der Waals surface area contributed by atoms with Crippen molar-refractivity contribution in [3.8, 4) is 0 Å². The molecule has 3 heterocycles. The predicted octanol–water partition coefficient (Wildman–Crippen LogP) is 2.30. The third kappa shape index (κ3) is 5.29. The largest absolute Gasteiger partial charge is 0.466 e. The van der Waals surface area contributed by atoms with Crippen LogP contribution in [-0.2, 0) is 47.6 Å². The Kier molecular flexibility index (Phi) is 8.36. The number of aliphatic hydroxyl groups excluding tert-OH is 1. The molecule has 2 aliphatic carbocycles. The van der Waals surface area contributed by atoms with Gasteiger partial charge >= 0.3 is 23.9 Å². The summed E-state index contributed by atoms with van der Waals surface area (Å²) in [7, 11) is 0. The molecule has 2 bridgehead atoms. The Morgan fingerprint density at radius 1 is 0.974 bits per heavy atom. The maximum absolute atomic E-state index is 12.4. The van der Waals surface area contributed by atoms with Gasteiger partial charge < -0.3 is 33.5 Å². The van der Waals surface area contributed by atoms with Crippen molar-refractivity contribution in [2.24, 2.45) is 28.6 Å². The predicted molar refractivity (Wildman–Crippen MR) is 134 cm³/mol. The van der Waals surface area contributed by atoms with Crippen LogP contribution in [0.25, 0.3) is 0 Å². The van der Waals surface area contributed by atoms with Crippen molar-refractivity contribution >= 4 is 23.9 Å². The monoisotopic (exact) mass is 554 g/mol. The molecular weight excluding hydrogens is 512 g/mol. The van der Waals surface area contributed by atoms with Gasteiger partial charge in [-0.3, -0.25) is 19.2 Å². The highest BCUT2D eigenvalue weighted by Crippen LogP contribution is 2.73. The molecule has 2 spiro atoms. The highest BCUT2D eigenvalue weighted by molar-refractivity contribution is 5.68. The second-order valence-electron chi connectivity index (χ2n) is 12.1. The lowest BCUT2D eigenvalue weighted by Crippen LogP contribution is -2.78. The number of esters is 4. The quantitative estimate of drug-likeness (QED) is 0.241. The average Bonchev–Trinajstić information content (AvgIpc) is 3.59. The van der Waals surface area contributed by atoms with Gasteiger partial charge in [0.25, 0.3) is 0 Å². The first kappa shape index (κ1) is 29.7. The van der Waals surface area contributed by atoms with Crippen LogP contribution >= 0.6 is 0 Å². The summed E-state index contributed by atoms with van der Waals surface area (Å²) >= 11 is 0. The number of carbonyl (C=O) groups is 4. The van der Waals surface area contributed by atoms with Crippen LogP contribution in [0.3, 0.4) is 0 Å². The average molecular weight is 555 g/mol. The van der Waals surface area contributed by atoms with Crippen LogP contribution in [-0.4, -0.2) is 79.0 Å². The van der Waals surface area contributed by atoms with Crippen molar-refractivity contribution in [1.29, 1.82) is 0 Å². The number of hydrogen-bond acceptors (Lipinski definition) is 11. The van der Waals surface area contributed by atoms with Crippen LogP contribution in [0, 0.1) is 28.6 Å². The summed E-state index contributed by atoms with van der Waals surface area (Å²) in [5.41, 5.74) is -2.38. The molecule has 0 amide bonds. The van der Waals surface area contributed by atoms with E-state index in [0.29, 0.717) is 38.7 Å². The Hall–Kier alpha value is -2.24.